The van der Waals surface area contributed by atoms with E-state index in [0.29, 0.717) is 53.4 Å². The first kappa shape index (κ1) is 54.9. The van der Waals surface area contributed by atoms with Crippen molar-refractivity contribution in [3.63, 3.8) is 0 Å². The maximum absolute atomic E-state index is 13.1. The molecule has 0 radical (unpaired) electrons. The third-order valence-corrected chi connectivity index (χ3v) is 16.6. The predicted molar refractivity (Wildman–Crippen MR) is 305 cm³/mol. The molecule has 4 N–H and O–H groups in total. The number of anilines is 4. The van der Waals surface area contributed by atoms with Crippen LogP contribution in [0.2, 0.25) is 0 Å². The van der Waals surface area contributed by atoms with Crippen LogP contribution in [0.3, 0.4) is 0 Å². The Labute approximate surface area is 491 Å². The first-order chi connectivity index (χ1) is 40.8. The Kier molecular flexibility index (Phi) is 15.7. The highest BCUT2D eigenvalue weighted by Gasteiger charge is 2.22. The minimum Gasteiger partial charge on any atom is -0.340 e. The van der Waals surface area contributed by atoms with Crippen molar-refractivity contribution >= 4 is 102 Å². The van der Waals surface area contributed by atoms with Gasteiger partial charge in [-0.25, -0.2) is 19.9 Å². The number of nitrogens with one attached hydrogen (secondary N) is 2. The summed E-state index contributed by atoms with van der Waals surface area (Å²) in [6.45, 7) is 0. The molecular weight excluding hydrogens is 1200 g/mol. The molecule has 0 atom stereocenters. The molecule has 0 saturated carbocycles. The van der Waals surface area contributed by atoms with Crippen molar-refractivity contribution < 1.29 is 25.9 Å². The van der Waals surface area contributed by atoms with Crippen molar-refractivity contribution in [3.8, 4) is 22.7 Å². The van der Waals surface area contributed by atoms with Crippen LogP contribution in [0.4, 0.5) is 23.0 Å². The molecule has 0 spiro atoms. The quantitative estimate of drug-likeness (QED) is 0.0243. The number of para-hydroxylation sites is 4. The lowest BCUT2D eigenvalue weighted by atomic mass is 10.1. The second-order valence-corrected chi connectivity index (χ2v) is 23.7. The van der Waals surface area contributed by atoms with Gasteiger partial charge >= 0.3 is 0 Å². The van der Waals surface area contributed by atoms with E-state index in [-0.39, 0.29) is 44.5 Å². The van der Waals surface area contributed by atoms with Crippen molar-refractivity contribution in [3.05, 3.63) is 181 Å². The van der Waals surface area contributed by atoms with Gasteiger partial charge in [-0.1, -0.05) is 97.1 Å². The molecule has 6 aromatic heterocycles. The Hall–Kier alpha value is -9.68. The van der Waals surface area contributed by atoms with Crippen LogP contribution < -0.4 is 10.6 Å². The van der Waals surface area contributed by atoms with E-state index in [4.69, 9.17) is 19.9 Å². The smallest absolute Gasteiger partial charge is 0.295 e. The second-order valence-electron chi connectivity index (χ2n) is 17.0. The Morgan fingerprint density at radius 3 is 1.00 bits per heavy atom. The van der Waals surface area contributed by atoms with Gasteiger partial charge in [0.05, 0.1) is 22.7 Å². The van der Waals surface area contributed by atoms with E-state index in [1.54, 1.807) is 12.1 Å². The van der Waals surface area contributed by atoms with Gasteiger partial charge in [-0.05, 0) is 173 Å². The summed E-state index contributed by atoms with van der Waals surface area (Å²) in [6, 6.07) is 48.2. The van der Waals surface area contributed by atoms with E-state index in [1.165, 1.54) is 67.3 Å². The zero-order valence-electron chi connectivity index (χ0n) is 42.2. The van der Waals surface area contributed by atoms with Crippen molar-refractivity contribution in [2.75, 3.05) is 10.6 Å². The Bertz CT molecular complexity index is 4110. The first-order valence-electron chi connectivity index (χ1n) is 24.1. The summed E-state index contributed by atoms with van der Waals surface area (Å²) in [4.78, 5) is 17.8. The van der Waals surface area contributed by atoms with Gasteiger partial charge in [-0.3, -0.25) is 9.11 Å². The summed E-state index contributed by atoms with van der Waals surface area (Å²) in [7, 11) is -9.91. The van der Waals surface area contributed by atoms with E-state index in [0.717, 1.165) is 47.0 Å². The SMILES string of the molecule is O=S(=O)(O)c1cc(Nc2cc(Sc3nnnn3-c3ccccc3)nc(Sc3nnnn3-c3ccccc3)n2)ccc1C=Cc1ccc(Nc2cc(Sc3nnnn3-c3ccccc3)nc(Sc3nnnn3-c3ccccc3)n2)cc1S(=O)(=O)O. The summed E-state index contributed by atoms with van der Waals surface area (Å²) >= 11 is 4.34. The zero-order chi connectivity index (χ0) is 57.6. The molecule has 12 rings (SSSR count). The molecule has 0 amide bonds. The molecule has 34 heteroatoms. The van der Waals surface area contributed by atoms with Gasteiger partial charge in [0, 0.05) is 23.5 Å². The number of rotatable bonds is 20. The van der Waals surface area contributed by atoms with E-state index in [1.807, 2.05) is 121 Å². The zero-order valence-corrected chi connectivity index (χ0v) is 47.1. The molecule has 0 aliphatic heterocycles. The monoisotopic (exact) mass is 1230 g/mol. The Balaban J connectivity index is 0.835. The van der Waals surface area contributed by atoms with Gasteiger partial charge in [-0.15, -0.1) is 20.4 Å². The average molecular weight is 1230 g/mol. The summed E-state index contributed by atoms with van der Waals surface area (Å²) in [5.41, 5.74) is 2.99. The van der Waals surface area contributed by atoms with Crippen molar-refractivity contribution in [2.24, 2.45) is 0 Å². The van der Waals surface area contributed by atoms with Crippen molar-refractivity contribution in [1.82, 2.24) is 101 Å². The van der Waals surface area contributed by atoms with Gasteiger partial charge in [0.15, 0.2) is 10.3 Å². The Morgan fingerprint density at radius 2 is 0.690 bits per heavy atom. The minimum absolute atomic E-state index is 0.0464. The van der Waals surface area contributed by atoms with E-state index in [2.05, 4.69) is 72.7 Å². The lowest BCUT2D eigenvalue weighted by Crippen LogP contribution is -2.05. The molecule has 0 aliphatic carbocycles. The molecule has 28 nitrogen and oxygen atoms in total. The molecule has 6 heterocycles. The lowest BCUT2D eigenvalue weighted by Gasteiger charge is -2.12. The maximum atomic E-state index is 13.1. The molecule has 6 aromatic carbocycles. The van der Waals surface area contributed by atoms with Gasteiger partial charge in [0.25, 0.3) is 20.2 Å². The topological polar surface area (TPSA) is 359 Å². The summed E-state index contributed by atoms with van der Waals surface area (Å²) in [5.74, 6) is 0.371. The minimum atomic E-state index is -4.95. The predicted octanol–water partition coefficient (Wildman–Crippen LogP) is 7.93. The number of benzene rings is 6. The van der Waals surface area contributed by atoms with Gasteiger partial charge in [0.2, 0.25) is 20.6 Å². The van der Waals surface area contributed by atoms with Crippen LogP contribution in [0.25, 0.3) is 34.9 Å². The molecular formula is C50H34N22O6S6. The number of tetrazole rings is 4. The third-order valence-electron chi connectivity index (χ3n) is 11.5. The van der Waals surface area contributed by atoms with Gasteiger partial charge in [0.1, 0.15) is 31.5 Å². The second kappa shape index (κ2) is 24.0. The summed E-state index contributed by atoms with van der Waals surface area (Å²) < 4.78 is 79.7. The van der Waals surface area contributed by atoms with Gasteiger partial charge in [-0.2, -0.15) is 35.6 Å². The van der Waals surface area contributed by atoms with Crippen LogP contribution in [0.5, 0.6) is 0 Å². The van der Waals surface area contributed by atoms with Gasteiger partial charge < -0.3 is 10.6 Å². The number of hydrogen-bond donors (Lipinski definition) is 4. The fourth-order valence-corrected chi connectivity index (χ4v) is 12.4. The number of hydrogen-bond acceptors (Lipinski definition) is 26. The molecule has 0 fully saturated rings. The van der Waals surface area contributed by atoms with Crippen LogP contribution in [0, 0.1) is 0 Å². The third kappa shape index (κ3) is 12.8. The maximum Gasteiger partial charge on any atom is 0.295 e. The number of nitrogens with zero attached hydrogens (tertiary/aromatic N) is 20. The fourth-order valence-electron chi connectivity index (χ4n) is 7.80. The Morgan fingerprint density at radius 1 is 0.381 bits per heavy atom. The largest absolute Gasteiger partial charge is 0.340 e. The highest BCUT2D eigenvalue weighted by molar-refractivity contribution is 8.00. The normalized spacial score (nSPS) is 11.8. The van der Waals surface area contributed by atoms with Crippen molar-refractivity contribution in [2.45, 2.75) is 50.8 Å². The number of aromatic nitrogens is 20. The molecule has 0 aliphatic rings. The molecule has 12 aromatic rings. The fraction of sp³-hybridized carbons (Fsp3) is 0. The molecule has 416 valence electrons. The standard InChI is InChI=1S/C50H34N22O6S6/c73-83(74,75)39-27-33(51-41-29-43(79-47-57-61-65-69(47)35-13-5-1-6-14-35)55-45(53-41)81-49-59-63-67-71(49)37-17-9-3-10-18-37)25-23-31(39)21-22-32-24-26-34(28-40(32)84(76,77)78)52-42-30-44(80-48-58-62-66-70(48)36-15-7-2-8-16-36)56-46(54-42)82-50-60-64-68-72(50)38-19-11-4-12-20-38/h1-30H,(H,51,53,55)(H,52,54,56)(H,73,74,75)(H,76,77,78). The van der Waals surface area contributed by atoms with E-state index < -0.39 is 30.0 Å². The van der Waals surface area contributed by atoms with E-state index in [9.17, 15) is 25.9 Å². The van der Waals surface area contributed by atoms with E-state index >= 15 is 0 Å². The van der Waals surface area contributed by atoms with Crippen LogP contribution in [0.15, 0.2) is 221 Å². The van der Waals surface area contributed by atoms with Crippen LogP contribution >= 0.6 is 47.0 Å². The molecule has 0 saturated heterocycles. The molecule has 0 unspecified atom stereocenters. The summed E-state index contributed by atoms with van der Waals surface area (Å²) in [6.07, 6.45) is 2.55. The highest BCUT2D eigenvalue weighted by Crippen LogP contribution is 2.36. The van der Waals surface area contributed by atoms with Crippen molar-refractivity contribution in [1.29, 1.82) is 0 Å². The lowest BCUT2D eigenvalue weighted by molar-refractivity contribution is 0.480. The summed E-state index contributed by atoms with van der Waals surface area (Å²) in [5, 5.41) is 57.5. The average Bonchev–Trinajstić information content (AvgIpc) is 4.21. The highest BCUT2D eigenvalue weighted by atomic mass is 32.2. The first-order valence-corrected chi connectivity index (χ1v) is 30.3. The molecule has 84 heavy (non-hydrogen) atoms. The van der Waals surface area contributed by atoms with Crippen LogP contribution in [-0.4, -0.2) is 127 Å². The van der Waals surface area contributed by atoms with Crippen LogP contribution in [0.1, 0.15) is 11.1 Å². The molecule has 0 bridgehead atoms. The van der Waals surface area contributed by atoms with Crippen LogP contribution in [-0.2, 0) is 20.2 Å².